The van der Waals surface area contributed by atoms with Crippen LogP contribution in [-0.2, 0) is 9.53 Å². The molecule has 9 nitrogen and oxygen atoms in total. The van der Waals surface area contributed by atoms with Crippen molar-refractivity contribution >= 4 is 17.5 Å². The van der Waals surface area contributed by atoms with Crippen LogP contribution in [0.5, 0.6) is 0 Å². The highest BCUT2D eigenvalue weighted by atomic mass is 16.6. The van der Waals surface area contributed by atoms with Crippen molar-refractivity contribution in [2.24, 2.45) is 0 Å². The molecule has 0 aliphatic rings. The number of nitrogens with zero attached hydrogens (tertiary/aromatic N) is 3. The van der Waals surface area contributed by atoms with Gasteiger partial charge in [-0.2, -0.15) is 5.26 Å². The lowest BCUT2D eigenvalue weighted by Gasteiger charge is -2.15. The molecule has 1 rings (SSSR count). The van der Waals surface area contributed by atoms with Gasteiger partial charge >= 0.3 is 5.97 Å². The smallest absolute Gasteiger partial charge is 0.326 e. The number of hydrogen-bond acceptors (Lipinski definition) is 7. The van der Waals surface area contributed by atoms with Gasteiger partial charge in [0.2, 0.25) is 0 Å². The molecule has 0 saturated carbocycles. The van der Waals surface area contributed by atoms with Crippen LogP contribution in [0.3, 0.4) is 0 Å². The predicted octanol–water partition coefficient (Wildman–Crippen LogP) is 1.15. The number of rotatable bonds is 8. The van der Waals surface area contributed by atoms with Gasteiger partial charge in [-0.05, 0) is 12.8 Å². The van der Waals surface area contributed by atoms with Crippen LogP contribution in [0, 0.1) is 21.4 Å². The quantitative estimate of drug-likeness (QED) is 0.413. The first-order valence-electron chi connectivity index (χ1n) is 6.02. The van der Waals surface area contributed by atoms with E-state index in [1.807, 2.05) is 0 Å². The lowest BCUT2D eigenvalue weighted by atomic mass is 10.1. The highest BCUT2D eigenvalue weighted by molar-refractivity contribution is 5.77. The summed E-state index contributed by atoms with van der Waals surface area (Å²) in [4.78, 5) is 24.8. The first-order chi connectivity index (χ1) is 9.99. The molecule has 0 saturated heterocycles. The summed E-state index contributed by atoms with van der Waals surface area (Å²) in [6.07, 6.45) is 1.75. The van der Waals surface area contributed by atoms with Gasteiger partial charge in [0.25, 0.3) is 5.69 Å². The van der Waals surface area contributed by atoms with Gasteiger partial charge in [0.05, 0.1) is 4.92 Å². The predicted molar refractivity (Wildman–Crippen MR) is 71.8 cm³/mol. The second-order valence-corrected chi connectivity index (χ2v) is 4.13. The number of nitriles is 1. The summed E-state index contributed by atoms with van der Waals surface area (Å²) in [6.45, 7) is 0.407. The Labute approximate surface area is 120 Å². The number of methoxy groups -OCH3 is 1. The largest absolute Gasteiger partial charge is 0.480 e. The molecule has 1 heterocycles. The molecule has 0 aliphatic carbocycles. The van der Waals surface area contributed by atoms with Crippen molar-refractivity contribution in [2.75, 3.05) is 19.0 Å². The maximum atomic E-state index is 11.2. The van der Waals surface area contributed by atoms with E-state index in [0.29, 0.717) is 13.0 Å². The van der Waals surface area contributed by atoms with Crippen LogP contribution in [0.15, 0.2) is 12.3 Å². The van der Waals surface area contributed by atoms with E-state index in [1.165, 1.54) is 7.11 Å². The SMILES string of the molecule is COCCCC(Nc1ncc([N+](=O)[O-])cc1C#N)C(=O)O. The lowest BCUT2D eigenvalue weighted by Crippen LogP contribution is -2.30. The molecule has 1 atom stereocenters. The number of carboxylic acids is 1. The first kappa shape index (κ1) is 16.3. The number of carboxylic acid groups (broad SMARTS) is 1. The number of carbonyl (C=O) groups is 1. The minimum absolute atomic E-state index is 0.00733. The average molecular weight is 294 g/mol. The third-order valence-corrected chi connectivity index (χ3v) is 2.65. The fourth-order valence-corrected chi connectivity index (χ4v) is 1.61. The van der Waals surface area contributed by atoms with Gasteiger partial charge in [-0.25, -0.2) is 9.78 Å². The molecule has 0 spiro atoms. The summed E-state index contributed by atoms with van der Waals surface area (Å²) in [5.41, 5.74) is -0.412. The van der Waals surface area contributed by atoms with Crippen molar-refractivity contribution in [3.63, 3.8) is 0 Å². The number of nitrogens with one attached hydrogen (secondary N) is 1. The third-order valence-electron chi connectivity index (χ3n) is 2.65. The molecule has 0 radical (unpaired) electrons. The van der Waals surface area contributed by atoms with Crippen molar-refractivity contribution in [3.05, 3.63) is 27.9 Å². The van der Waals surface area contributed by atoms with Crippen LogP contribution in [0.25, 0.3) is 0 Å². The summed E-state index contributed by atoms with van der Waals surface area (Å²) in [5.74, 6) is -1.09. The van der Waals surface area contributed by atoms with Gasteiger partial charge in [0, 0.05) is 19.8 Å². The Morgan fingerprint density at radius 2 is 2.43 bits per heavy atom. The van der Waals surface area contributed by atoms with E-state index in [-0.39, 0.29) is 23.5 Å². The van der Waals surface area contributed by atoms with Gasteiger partial charge in [-0.1, -0.05) is 0 Å². The van der Waals surface area contributed by atoms with Crippen molar-refractivity contribution in [1.82, 2.24) is 4.98 Å². The zero-order valence-electron chi connectivity index (χ0n) is 11.3. The van der Waals surface area contributed by atoms with E-state index >= 15 is 0 Å². The van der Waals surface area contributed by atoms with E-state index in [2.05, 4.69) is 10.3 Å². The average Bonchev–Trinajstić information content (AvgIpc) is 2.46. The number of nitro groups is 1. The van der Waals surface area contributed by atoms with E-state index < -0.39 is 16.9 Å². The fourth-order valence-electron chi connectivity index (χ4n) is 1.61. The molecule has 0 bridgehead atoms. The van der Waals surface area contributed by atoms with Crippen molar-refractivity contribution in [1.29, 1.82) is 5.26 Å². The zero-order valence-corrected chi connectivity index (χ0v) is 11.3. The van der Waals surface area contributed by atoms with Gasteiger partial charge < -0.3 is 15.2 Å². The second kappa shape index (κ2) is 7.76. The van der Waals surface area contributed by atoms with E-state index in [0.717, 1.165) is 12.3 Å². The molecule has 1 unspecified atom stereocenters. The third kappa shape index (κ3) is 4.70. The van der Waals surface area contributed by atoms with Crippen molar-refractivity contribution in [2.45, 2.75) is 18.9 Å². The first-order valence-corrected chi connectivity index (χ1v) is 6.02. The molecule has 0 aliphatic heterocycles. The number of aliphatic carboxylic acids is 1. The minimum Gasteiger partial charge on any atom is -0.480 e. The number of anilines is 1. The molecular weight excluding hydrogens is 280 g/mol. The zero-order chi connectivity index (χ0) is 15.8. The number of aromatic nitrogens is 1. The van der Waals surface area contributed by atoms with E-state index in [4.69, 9.17) is 15.1 Å². The van der Waals surface area contributed by atoms with Gasteiger partial charge in [-0.3, -0.25) is 10.1 Å². The van der Waals surface area contributed by atoms with E-state index in [9.17, 15) is 14.9 Å². The Kier molecular flexibility index (Phi) is 6.03. The summed E-state index contributed by atoms with van der Waals surface area (Å²) >= 11 is 0. The minimum atomic E-state index is -1.10. The Hall–Kier alpha value is -2.73. The normalized spacial score (nSPS) is 11.4. The number of hydrogen-bond donors (Lipinski definition) is 2. The summed E-state index contributed by atoms with van der Waals surface area (Å²) < 4.78 is 4.85. The Bertz CT molecular complexity index is 569. The summed E-state index contributed by atoms with van der Waals surface area (Å²) in [6, 6.07) is 1.84. The molecule has 0 aromatic carbocycles. The van der Waals surface area contributed by atoms with Crippen LogP contribution in [0.2, 0.25) is 0 Å². The molecule has 2 N–H and O–H groups in total. The van der Waals surface area contributed by atoms with Crippen LogP contribution < -0.4 is 5.32 Å². The van der Waals surface area contributed by atoms with Gasteiger partial charge in [0.15, 0.2) is 0 Å². The maximum absolute atomic E-state index is 11.2. The van der Waals surface area contributed by atoms with E-state index in [1.54, 1.807) is 6.07 Å². The Morgan fingerprint density at radius 1 is 1.71 bits per heavy atom. The van der Waals surface area contributed by atoms with Crippen LogP contribution in [-0.4, -0.2) is 40.7 Å². The molecular formula is C12H14N4O5. The highest BCUT2D eigenvalue weighted by Crippen LogP contribution is 2.19. The van der Waals surface area contributed by atoms with Crippen LogP contribution in [0.1, 0.15) is 18.4 Å². The molecule has 1 aromatic heterocycles. The molecule has 0 amide bonds. The number of pyridine rings is 1. The molecule has 21 heavy (non-hydrogen) atoms. The Balaban J connectivity index is 2.91. The molecule has 0 fully saturated rings. The molecule has 112 valence electrons. The van der Waals surface area contributed by atoms with Gasteiger partial charge in [-0.15, -0.1) is 0 Å². The standard InChI is InChI=1S/C12H14N4O5/c1-21-4-2-3-10(12(17)18)15-11-8(6-13)5-9(7-14-11)16(19)20/h5,7,10H,2-4H2,1H3,(H,14,15)(H,17,18). The lowest BCUT2D eigenvalue weighted by molar-refractivity contribution is -0.385. The number of ether oxygens (including phenoxy) is 1. The monoisotopic (exact) mass is 294 g/mol. The fraction of sp³-hybridized carbons (Fsp3) is 0.417. The van der Waals surface area contributed by atoms with Crippen LogP contribution in [0.4, 0.5) is 11.5 Å². The Morgan fingerprint density at radius 3 is 2.95 bits per heavy atom. The van der Waals surface area contributed by atoms with Crippen molar-refractivity contribution in [3.8, 4) is 6.07 Å². The molecule has 1 aromatic rings. The van der Waals surface area contributed by atoms with Gasteiger partial charge in [0.1, 0.15) is 29.7 Å². The van der Waals surface area contributed by atoms with Crippen LogP contribution >= 0.6 is 0 Å². The van der Waals surface area contributed by atoms with Crippen molar-refractivity contribution < 1.29 is 19.6 Å². The highest BCUT2D eigenvalue weighted by Gasteiger charge is 2.20. The second-order valence-electron chi connectivity index (χ2n) is 4.13. The summed E-state index contributed by atoms with van der Waals surface area (Å²) in [5, 5.41) is 31.3. The topological polar surface area (TPSA) is 138 Å². The molecule has 9 heteroatoms. The maximum Gasteiger partial charge on any atom is 0.326 e. The summed E-state index contributed by atoms with van der Waals surface area (Å²) in [7, 11) is 1.51.